The van der Waals surface area contributed by atoms with E-state index in [0.29, 0.717) is 66.8 Å². The molecule has 0 aliphatic carbocycles. The molecule has 3 amide bonds. The molecule has 4 atom stereocenters. The highest BCUT2D eigenvalue weighted by atomic mass is 35.5. The number of hydrogen-bond acceptors (Lipinski definition) is 9. The van der Waals surface area contributed by atoms with Crippen LogP contribution >= 0.6 is 23.2 Å². The Bertz CT molecular complexity index is 2990. The summed E-state index contributed by atoms with van der Waals surface area (Å²) >= 11 is 13.7. The van der Waals surface area contributed by atoms with Crippen molar-refractivity contribution in [3.63, 3.8) is 0 Å². The molecule has 85 heavy (non-hydrogen) atoms. The molecule has 0 spiro atoms. The van der Waals surface area contributed by atoms with Gasteiger partial charge in [0.15, 0.2) is 0 Å². The van der Waals surface area contributed by atoms with Gasteiger partial charge >= 0.3 is 24.2 Å². The number of carbonyl (C=O) groups is 3. The van der Waals surface area contributed by atoms with Crippen molar-refractivity contribution in [3.8, 4) is 0 Å². The van der Waals surface area contributed by atoms with E-state index in [-0.39, 0.29) is 65.7 Å². The number of likely N-dealkylation sites (tertiary alicyclic amines) is 2. The van der Waals surface area contributed by atoms with Crippen molar-refractivity contribution in [3.05, 3.63) is 129 Å². The number of carbonyl (C=O) groups excluding carboxylic acids is 3. The van der Waals surface area contributed by atoms with Crippen LogP contribution in [0.1, 0.15) is 104 Å². The van der Waals surface area contributed by atoms with Crippen LogP contribution in [0.4, 0.5) is 50.9 Å². The van der Waals surface area contributed by atoms with Gasteiger partial charge in [0.25, 0.3) is 11.8 Å². The third-order valence-corrected chi connectivity index (χ3v) is 19.3. The molecule has 9 rings (SSSR count). The van der Waals surface area contributed by atoms with E-state index in [1.807, 2.05) is 18.2 Å². The van der Waals surface area contributed by atoms with Crippen LogP contribution in [0.2, 0.25) is 10.0 Å². The summed E-state index contributed by atoms with van der Waals surface area (Å²) in [4.78, 5) is 49.9. The van der Waals surface area contributed by atoms with E-state index >= 15 is 4.39 Å². The van der Waals surface area contributed by atoms with Gasteiger partial charge in [0.05, 0.1) is 31.3 Å². The third kappa shape index (κ3) is 12.6. The minimum Gasteiger partial charge on any atom is -0.374 e. The lowest BCUT2D eigenvalue weighted by atomic mass is 9.76. The highest BCUT2D eigenvalue weighted by molar-refractivity contribution is 6.34. The molecule has 5 heterocycles. The van der Waals surface area contributed by atoms with Crippen LogP contribution < -0.4 is 9.80 Å². The van der Waals surface area contributed by atoms with Gasteiger partial charge in [0, 0.05) is 80.7 Å². The Kier molecular flexibility index (Phi) is 19.0. The molecule has 0 bridgehead atoms. The lowest BCUT2D eigenvalue weighted by Crippen LogP contribution is -2.63. The summed E-state index contributed by atoms with van der Waals surface area (Å²) in [6.07, 6.45) is -6.61. The first-order valence-electron chi connectivity index (χ1n) is 29.1. The number of amides is 3. The minimum atomic E-state index is -6.18. The quantitative estimate of drug-likeness (QED) is 0.0642. The summed E-state index contributed by atoms with van der Waals surface area (Å²) in [6, 6.07) is 23.5. The molecule has 0 radical (unpaired) electrons. The molecular formula is C62H74Cl2F9N6O6+. The lowest BCUT2D eigenvalue weighted by Gasteiger charge is -2.44. The molecule has 5 aliphatic rings. The Balaban J connectivity index is 0.712. The molecular weight excluding hydrogens is 1170 g/mol. The van der Waals surface area contributed by atoms with Crippen LogP contribution in [0.15, 0.2) is 97.1 Å². The average Bonchev–Trinajstić information content (AvgIpc) is 1.72. The van der Waals surface area contributed by atoms with Crippen LogP contribution in [0.3, 0.4) is 0 Å². The van der Waals surface area contributed by atoms with Crippen molar-refractivity contribution in [1.29, 1.82) is 0 Å². The fourth-order valence-corrected chi connectivity index (χ4v) is 14.2. The number of ether oxygens (including phenoxy) is 1. The van der Waals surface area contributed by atoms with Crippen LogP contribution in [0.5, 0.6) is 0 Å². The highest BCUT2D eigenvalue weighted by Gasteiger charge is 2.77. The summed E-state index contributed by atoms with van der Waals surface area (Å²) in [5.41, 5.74) is -9.29. The standard InChI is InChI=1S/C62H74Cl2F9N6O6/c1-74(53(80)49-16-14-47(38-51(49)63)75-27-18-42(19-28-75)37-44-24-33-78(34-25-44)56(83)59(46-12-8-5-9-13-46)57(65,26-35-85-59)61(68,69)70)40-79(2,3)54(81)50-17-15-48(39-52(50)64)76-29-20-41(21-30-76)36-43-22-31-77(32-23-43)55(82)58(84,45-10-6-4-7-11-45)60(66,67)62(71,72)73/h4-17,38-39,41-44,53,80,84H,18-37,40H2,1-3H3/q+1/t53?,57?,58-,59-/m1/s1. The van der Waals surface area contributed by atoms with E-state index < -0.39 is 71.8 Å². The highest BCUT2D eigenvalue weighted by Crippen LogP contribution is 2.57. The van der Waals surface area contributed by atoms with Crippen LogP contribution in [0.25, 0.3) is 0 Å². The van der Waals surface area contributed by atoms with Gasteiger partial charge in [0.1, 0.15) is 12.9 Å². The van der Waals surface area contributed by atoms with Gasteiger partial charge in [-0.25, -0.2) is 18.6 Å². The van der Waals surface area contributed by atoms with Crippen molar-refractivity contribution >= 4 is 52.3 Å². The predicted octanol–water partition coefficient (Wildman–Crippen LogP) is 12.2. The average molecular weight is 1240 g/mol. The summed E-state index contributed by atoms with van der Waals surface area (Å²) < 4.78 is 136. The summed E-state index contributed by atoms with van der Waals surface area (Å²) in [7, 11) is 5.14. The van der Waals surface area contributed by atoms with E-state index in [1.54, 1.807) is 50.3 Å². The molecule has 12 nitrogen and oxygen atoms in total. The molecule has 5 fully saturated rings. The van der Waals surface area contributed by atoms with Crippen LogP contribution in [-0.2, 0) is 25.5 Å². The van der Waals surface area contributed by atoms with Crippen molar-refractivity contribution in [2.75, 3.05) is 96.6 Å². The topological polar surface area (TPSA) is 117 Å². The van der Waals surface area contributed by atoms with Gasteiger partial charge in [-0.1, -0.05) is 89.9 Å². The van der Waals surface area contributed by atoms with Crippen LogP contribution in [0, 0.1) is 23.7 Å². The largest absolute Gasteiger partial charge is 0.457 e. The molecule has 464 valence electrons. The first-order valence-corrected chi connectivity index (χ1v) is 29.9. The lowest BCUT2D eigenvalue weighted by molar-refractivity contribution is -0.820. The Labute approximate surface area is 499 Å². The number of aliphatic hydroxyl groups excluding tert-OH is 1. The second-order valence-electron chi connectivity index (χ2n) is 24.5. The van der Waals surface area contributed by atoms with Gasteiger partial charge in [-0.3, -0.25) is 9.59 Å². The normalized spacial score (nSPS) is 23.4. The maximum Gasteiger partial charge on any atom is 0.457 e. The Morgan fingerprint density at radius 3 is 1.60 bits per heavy atom. The number of anilines is 2. The number of rotatable bonds is 16. The predicted molar refractivity (Wildman–Crippen MR) is 305 cm³/mol. The van der Waals surface area contributed by atoms with Gasteiger partial charge < -0.3 is 34.5 Å². The first-order chi connectivity index (χ1) is 40.0. The zero-order valence-electron chi connectivity index (χ0n) is 47.8. The number of halogens is 11. The maximum atomic E-state index is 16.2. The molecule has 0 aromatic heterocycles. The summed E-state index contributed by atoms with van der Waals surface area (Å²) in [5, 5.41) is 23.2. The monoisotopic (exact) mass is 1240 g/mol. The van der Waals surface area contributed by atoms with Gasteiger partial charge in [-0.15, -0.1) is 0 Å². The Morgan fingerprint density at radius 1 is 0.671 bits per heavy atom. The van der Waals surface area contributed by atoms with Gasteiger partial charge in [0.2, 0.25) is 16.9 Å². The number of piperidine rings is 4. The third-order valence-electron chi connectivity index (χ3n) is 18.7. The number of nitrogens with zero attached hydrogens (tertiary/aromatic N) is 6. The fourth-order valence-electron chi connectivity index (χ4n) is 13.7. The van der Waals surface area contributed by atoms with Gasteiger partial charge in [-0.05, 0) is 136 Å². The summed E-state index contributed by atoms with van der Waals surface area (Å²) in [6.45, 7) is 2.70. The second kappa shape index (κ2) is 25.1. The van der Waals surface area contributed by atoms with E-state index in [9.17, 15) is 59.7 Å². The minimum absolute atomic E-state index is 0.0697. The molecule has 0 saturated carbocycles. The molecule has 4 aromatic carbocycles. The van der Waals surface area contributed by atoms with Crippen molar-refractivity contribution in [2.24, 2.45) is 23.7 Å². The number of aliphatic hydroxyl groups is 2. The molecule has 2 N–H and O–H groups in total. The zero-order valence-corrected chi connectivity index (χ0v) is 49.4. The van der Waals surface area contributed by atoms with E-state index in [4.69, 9.17) is 27.9 Å². The number of benzene rings is 4. The molecule has 4 aromatic rings. The number of hydrogen-bond donors (Lipinski definition) is 2. The number of alkyl halides is 9. The van der Waals surface area contributed by atoms with E-state index in [1.165, 1.54) is 47.4 Å². The summed E-state index contributed by atoms with van der Waals surface area (Å²) in [5.74, 6) is -7.66. The smallest absolute Gasteiger partial charge is 0.374 e. The van der Waals surface area contributed by atoms with Crippen molar-refractivity contribution in [1.82, 2.24) is 14.7 Å². The molecule has 23 heteroatoms. The van der Waals surface area contributed by atoms with E-state index in [0.717, 1.165) is 80.0 Å². The Morgan fingerprint density at radius 2 is 1.13 bits per heavy atom. The molecule has 2 unspecified atom stereocenters. The second-order valence-corrected chi connectivity index (χ2v) is 25.3. The van der Waals surface area contributed by atoms with Crippen LogP contribution in [-0.4, -0.2) is 158 Å². The Hall–Kier alpha value is -5.16. The molecule has 5 aliphatic heterocycles. The number of quaternary nitrogens is 1. The zero-order chi connectivity index (χ0) is 61.5. The molecule has 5 saturated heterocycles. The first kappa shape index (κ1) is 64.3. The SMILES string of the molecule is CN(C[N+](C)(C)C(=O)c1ccc(N2CCC(CC3CCN(C(=O)[C@](O)(c4ccccc4)C(F)(F)C(F)(F)F)CC3)CC2)cc1Cl)C(O)c1ccc(N2CCC(CC3CCN(C(=O)[C@@]4(c5ccccc5)OCCC4(F)C(F)(F)F)CC3)CC2)cc1Cl. The van der Waals surface area contributed by atoms with Gasteiger partial charge in [-0.2, -0.15) is 35.1 Å². The van der Waals surface area contributed by atoms with Crippen molar-refractivity contribution < 1.29 is 73.3 Å². The maximum absolute atomic E-state index is 16.2. The fraction of sp³-hybridized carbons (Fsp3) is 0.565. The van der Waals surface area contributed by atoms with Crippen molar-refractivity contribution in [2.45, 2.75) is 112 Å². The van der Waals surface area contributed by atoms with E-state index in [2.05, 4.69) is 9.80 Å².